The Hall–Kier alpha value is 0.220. The van der Waals surface area contributed by atoms with Gasteiger partial charge in [-0.3, -0.25) is 9.09 Å². The van der Waals surface area contributed by atoms with Crippen molar-refractivity contribution in [2.24, 2.45) is 5.92 Å². The van der Waals surface area contributed by atoms with Crippen LogP contribution in [0.15, 0.2) is 0 Å². The molecule has 1 aliphatic rings. The highest BCUT2D eigenvalue weighted by atomic mass is 31.2. The molecule has 0 bridgehead atoms. The highest BCUT2D eigenvalue weighted by molar-refractivity contribution is 7.53. The predicted octanol–water partition coefficient (Wildman–Crippen LogP) is 0.476. The molecular weight excluding hydrogens is 296 g/mol. The monoisotopic (exact) mass is 318 g/mol. The fraction of sp³-hybridized carbons (Fsp3) is 1.00. The molecule has 0 aliphatic carbocycles. The van der Waals surface area contributed by atoms with Gasteiger partial charge in [-0.15, -0.1) is 0 Å². The maximum absolute atomic E-state index is 11.3. The first-order valence-electron chi connectivity index (χ1n) is 6.00. The zero-order valence-electron chi connectivity index (χ0n) is 11.0. The molecule has 0 amide bonds. The van der Waals surface area contributed by atoms with Gasteiger partial charge in [-0.05, 0) is 19.3 Å². The molecule has 0 radical (unpaired) electrons. The Balaban J connectivity index is 2.73. The van der Waals surface area contributed by atoms with Crippen molar-refractivity contribution in [2.75, 3.05) is 27.2 Å². The van der Waals surface area contributed by atoms with E-state index in [2.05, 4.69) is 4.52 Å². The van der Waals surface area contributed by atoms with E-state index in [1.165, 1.54) is 0 Å². The molecule has 0 spiro atoms. The molecule has 10 heteroatoms. The van der Waals surface area contributed by atoms with E-state index in [4.69, 9.17) is 19.6 Å². The molecule has 1 heterocycles. The maximum Gasteiger partial charge on any atom is 0.470 e. The molecule has 1 rings (SSSR count). The van der Waals surface area contributed by atoms with Gasteiger partial charge in [0.25, 0.3) is 0 Å². The summed E-state index contributed by atoms with van der Waals surface area (Å²) in [5, 5.41) is 0. The normalized spacial score (nSPS) is 26.1. The zero-order valence-corrected chi connectivity index (χ0v) is 12.8. The summed E-state index contributed by atoms with van der Waals surface area (Å²) >= 11 is 0. The van der Waals surface area contributed by atoms with Crippen molar-refractivity contribution in [3.05, 3.63) is 0 Å². The standard InChI is InChI=1S/C9H21NO7P2/c1-10(2)5-3-4-8(7-10)6-9(18(11,12)13)17-19(14,15)16/h8-9H,3-7H2,1-2H3,(H3-,11,12,13,14,15,16)/p+1. The summed E-state index contributed by atoms with van der Waals surface area (Å²) in [5.41, 5.74) is 0. The fourth-order valence-corrected chi connectivity index (χ4v) is 4.40. The van der Waals surface area contributed by atoms with Crippen LogP contribution in [0.1, 0.15) is 19.3 Å². The molecule has 0 aromatic heterocycles. The van der Waals surface area contributed by atoms with Gasteiger partial charge in [0.05, 0.1) is 27.2 Å². The summed E-state index contributed by atoms with van der Waals surface area (Å²) in [7, 11) is -5.58. The second-order valence-electron chi connectivity index (χ2n) is 5.73. The van der Waals surface area contributed by atoms with Gasteiger partial charge < -0.3 is 24.1 Å². The number of rotatable bonds is 5. The van der Waals surface area contributed by atoms with E-state index in [-0.39, 0.29) is 12.3 Å². The van der Waals surface area contributed by atoms with Crippen LogP contribution in [0.25, 0.3) is 0 Å². The van der Waals surface area contributed by atoms with Crippen molar-refractivity contribution < 1.29 is 37.7 Å². The van der Waals surface area contributed by atoms with Crippen LogP contribution in [0.4, 0.5) is 0 Å². The summed E-state index contributed by atoms with van der Waals surface area (Å²) < 4.78 is 27.0. The van der Waals surface area contributed by atoms with E-state index in [0.717, 1.165) is 23.9 Å². The van der Waals surface area contributed by atoms with Gasteiger partial charge in [-0.2, -0.15) is 0 Å². The van der Waals surface area contributed by atoms with E-state index < -0.39 is 21.3 Å². The van der Waals surface area contributed by atoms with Crippen molar-refractivity contribution in [2.45, 2.75) is 25.1 Å². The number of nitrogens with zero attached hydrogens (tertiary/aromatic N) is 1. The lowest BCUT2D eigenvalue weighted by Crippen LogP contribution is -2.48. The zero-order chi connectivity index (χ0) is 14.9. The van der Waals surface area contributed by atoms with Crippen molar-refractivity contribution in [3.63, 3.8) is 0 Å². The molecule has 1 fully saturated rings. The molecule has 0 aromatic rings. The van der Waals surface area contributed by atoms with Crippen LogP contribution in [0.2, 0.25) is 0 Å². The van der Waals surface area contributed by atoms with Crippen molar-refractivity contribution >= 4 is 15.4 Å². The summed E-state index contributed by atoms with van der Waals surface area (Å²) in [6, 6.07) is 0. The lowest BCUT2D eigenvalue weighted by molar-refractivity contribution is -0.898. The van der Waals surface area contributed by atoms with Crippen molar-refractivity contribution in [3.8, 4) is 0 Å². The van der Waals surface area contributed by atoms with Gasteiger partial charge in [0.2, 0.25) is 0 Å². The van der Waals surface area contributed by atoms with Gasteiger partial charge in [-0.1, -0.05) is 0 Å². The maximum atomic E-state index is 11.3. The lowest BCUT2D eigenvalue weighted by Gasteiger charge is -2.39. The van der Waals surface area contributed by atoms with Gasteiger partial charge in [-0.25, -0.2) is 4.57 Å². The van der Waals surface area contributed by atoms with Crippen LogP contribution in [-0.2, 0) is 13.7 Å². The number of piperidine rings is 1. The van der Waals surface area contributed by atoms with Crippen LogP contribution in [0.3, 0.4) is 0 Å². The third kappa shape index (κ3) is 6.47. The van der Waals surface area contributed by atoms with Crippen LogP contribution in [-0.4, -0.2) is 57.1 Å². The van der Waals surface area contributed by atoms with Gasteiger partial charge in [0, 0.05) is 5.92 Å². The summed E-state index contributed by atoms with van der Waals surface area (Å²) in [4.78, 5) is 35.7. The number of phosphoric acid groups is 1. The van der Waals surface area contributed by atoms with E-state index in [0.29, 0.717) is 6.54 Å². The van der Waals surface area contributed by atoms with Crippen molar-refractivity contribution in [1.82, 2.24) is 0 Å². The minimum atomic E-state index is -4.92. The minimum absolute atomic E-state index is 0.0204. The minimum Gasteiger partial charge on any atom is -0.328 e. The Morgan fingerprint density at radius 3 is 2.26 bits per heavy atom. The first-order chi connectivity index (χ1) is 8.39. The van der Waals surface area contributed by atoms with E-state index in [9.17, 15) is 9.13 Å². The number of likely N-dealkylation sites (tertiary alicyclic amines) is 1. The van der Waals surface area contributed by atoms with Gasteiger partial charge in [0.15, 0.2) is 5.85 Å². The first kappa shape index (κ1) is 17.3. The third-order valence-electron chi connectivity index (χ3n) is 3.30. The molecule has 0 saturated carbocycles. The molecule has 114 valence electrons. The second kappa shape index (κ2) is 5.92. The van der Waals surface area contributed by atoms with Crippen LogP contribution in [0.5, 0.6) is 0 Å². The van der Waals surface area contributed by atoms with E-state index in [1.807, 2.05) is 14.1 Å². The highest BCUT2D eigenvalue weighted by Gasteiger charge is 2.39. The fourth-order valence-electron chi connectivity index (χ4n) is 2.57. The molecule has 2 atom stereocenters. The van der Waals surface area contributed by atoms with Crippen LogP contribution in [0, 0.1) is 5.92 Å². The van der Waals surface area contributed by atoms with E-state index >= 15 is 0 Å². The molecule has 8 nitrogen and oxygen atoms in total. The summed E-state index contributed by atoms with van der Waals surface area (Å²) in [6.07, 6.45) is 1.65. The third-order valence-corrected chi connectivity index (χ3v) is 5.06. The SMILES string of the molecule is C[N+]1(C)CCCC(CC(OP(=O)(O)O)P(=O)(O)O)C1. The molecule has 1 aliphatic heterocycles. The van der Waals surface area contributed by atoms with Gasteiger partial charge >= 0.3 is 15.4 Å². The molecule has 2 unspecified atom stereocenters. The quantitative estimate of drug-likeness (QED) is 0.429. The molecular formula is C9H22NO7P2+. The van der Waals surface area contributed by atoms with Gasteiger partial charge in [0.1, 0.15) is 0 Å². The molecule has 0 aromatic carbocycles. The average molecular weight is 318 g/mol. The largest absolute Gasteiger partial charge is 0.470 e. The molecule has 1 saturated heterocycles. The number of hydrogen-bond donors (Lipinski definition) is 4. The van der Waals surface area contributed by atoms with E-state index in [1.54, 1.807) is 0 Å². The Bertz CT molecular complexity index is 401. The Morgan fingerprint density at radius 1 is 1.26 bits per heavy atom. The van der Waals surface area contributed by atoms with Crippen LogP contribution < -0.4 is 0 Å². The first-order valence-corrected chi connectivity index (χ1v) is 9.21. The Kier molecular flexibility index (Phi) is 5.38. The topological polar surface area (TPSA) is 124 Å². The Labute approximate surface area is 112 Å². The number of quaternary nitrogens is 1. The van der Waals surface area contributed by atoms with Crippen LogP contribution >= 0.6 is 15.4 Å². The lowest BCUT2D eigenvalue weighted by atomic mass is 9.94. The summed E-state index contributed by atoms with van der Waals surface area (Å²) in [5.74, 6) is -1.76. The smallest absolute Gasteiger partial charge is 0.328 e. The predicted molar refractivity (Wildman–Crippen MR) is 68.1 cm³/mol. The number of hydrogen-bond acceptors (Lipinski definition) is 3. The highest BCUT2D eigenvalue weighted by Crippen LogP contribution is 2.52. The molecule has 4 N–H and O–H groups in total. The number of phosphoric ester groups is 1. The molecule has 19 heavy (non-hydrogen) atoms. The second-order valence-corrected chi connectivity index (χ2v) is 8.67. The van der Waals surface area contributed by atoms with Crippen molar-refractivity contribution in [1.29, 1.82) is 0 Å². The summed E-state index contributed by atoms with van der Waals surface area (Å²) in [6.45, 7) is 1.69. The Morgan fingerprint density at radius 2 is 1.84 bits per heavy atom. The average Bonchev–Trinajstić information content (AvgIpc) is 2.11.